The van der Waals surface area contributed by atoms with E-state index in [0.717, 1.165) is 0 Å². The zero-order valence-corrected chi connectivity index (χ0v) is 15.6. The van der Waals surface area contributed by atoms with Gasteiger partial charge in [0.25, 0.3) is 0 Å². The SMILES string of the molecule is CC(C)CC(C(=O)O)C(C(=O)O)C(CC(C(C)C)P(=O)(O)O)C(=O)O. The van der Waals surface area contributed by atoms with Gasteiger partial charge < -0.3 is 25.1 Å². The van der Waals surface area contributed by atoms with E-state index in [-0.39, 0.29) is 12.3 Å². The van der Waals surface area contributed by atoms with Gasteiger partial charge in [-0.3, -0.25) is 18.9 Å². The Morgan fingerprint density at radius 1 is 0.800 bits per heavy atom. The van der Waals surface area contributed by atoms with Gasteiger partial charge >= 0.3 is 25.5 Å². The lowest BCUT2D eigenvalue weighted by Gasteiger charge is -2.31. The molecule has 0 aromatic heterocycles. The standard InChI is InChI=1S/C15H27O9P/c1-7(2)5-9(13(16)17)12(15(20)21)10(14(18)19)6-11(8(3)4)25(22,23)24/h7-12H,5-6H2,1-4H3,(H,16,17)(H,18,19)(H,20,21)(H2,22,23,24). The second-order valence-corrected chi connectivity index (χ2v) is 8.86. The molecule has 0 spiro atoms. The molecular formula is C15H27O9P. The summed E-state index contributed by atoms with van der Waals surface area (Å²) in [6.45, 7) is 6.33. The zero-order valence-electron chi connectivity index (χ0n) is 14.7. The van der Waals surface area contributed by atoms with E-state index in [1.165, 1.54) is 13.8 Å². The lowest BCUT2D eigenvalue weighted by Crippen LogP contribution is -2.41. The molecule has 0 rings (SSSR count). The van der Waals surface area contributed by atoms with Gasteiger partial charge in [-0.15, -0.1) is 0 Å². The van der Waals surface area contributed by atoms with E-state index in [4.69, 9.17) is 0 Å². The first-order valence-electron chi connectivity index (χ1n) is 7.93. The van der Waals surface area contributed by atoms with Gasteiger partial charge in [0.15, 0.2) is 0 Å². The average Bonchev–Trinajstić information content (AvgIpc) is 2.37. The van der Waals surface area contributed by atoms with Crippen molar-refractivity contribution in [2.75, 3.05) is 0 Å². The van der Waals surface area contributed by atoms with Gasteiger partial charge in [0, 0.05) is 0 Å². The van der Waals surface area contributed by atoms with E-state index < -0.39 is 61.3 Å². The lowest BCUT2D eigenvalue weighted by atomic mass is 9.75. The van der Waals surface area contributed by atoms with Gasteiger partial charge in [-0.25, -0.2) is 0 Å². The molecule has 4 unspecified atom stereocenters. The monoisotopic (exact) mass is 382 g/mol. The molecule has 5 N–H and O–H groups in total. The summed E-state index contributed by atoms with van der Waals surface area (Å²) in [4.78, 5) is 53.7. The highest BCUT2D eigenvalue weighted by Gasteiger charge is 2.46. The molecule has 0 radical (unpaired) electrons. The number of rotatable bonds is 11. The summed E-state index contributed by atoms with van der Waals surface area (Å²) in [7, 11) is -4.68. The van der Waals surface area contributed by atoms with Gasteiger partial charge in [-0.1, -0.05) is 27.7 Å². The first kappa shape index (κ1) is 23.6. The largest absolute Gasteiger partial charge is 0.481 e. The van der Waals surface area contributed by atoms with Crippen LogP contribution in [0.4, 0.5) is 0 Å². The van der Waals surface area contributed by atoms with Crippen molar-refractivity contribution in [1.82, 2.24) is 0 Å². The molecule has 10 heteroatoms. The maximum atomic E-state index is 11.7. The summed E-state index contributed by atoms with van der Waals surface area (Å²) in [6, 6.07) is 0. The molecule has 0 fully saturated rings. The molecule has 4 atom stereocenters. The maximum Gasteiger partial charge on any atom is 0.328 e. The summed E-state index contributed by atoms with van der Waals surface area (Å²) < 4.78 is 11.6. The fourth-order valence-corrected chi connectivity index (χ4v) is 4.27. The summed E-state index contributed by atoms with van der Waals surface area (Å²) in [6.07, 6.45) is -0.672. The second kappa shape index (κ2) is 9.31. The summed E-state index contributed by atoms with van der Waals surface area (Å²) in [5.74, 6) is -10.4. The molecule has 146 valence electrons. The number of hydrogen-bond acceptors (Lipinski definition) is 4. The van der Waals surface area contributed by atoms with Crippen molar-refractivity contribution in [1.29, 1.82) is 0 Å². The van der Waals surface area contributed by atoms with Gasteiger partial charge in [-0.05, 0) is 24.7 Å². The van der Waals surface area contributed by atoms with Crippen molar-refractivity contribution >= 4 is 25.5 Å². The number of aliphatic carboxylic acids is 3. The summed E-state index contributed by atoms with van der Waals surface area (Å²) >= 11 is 0. The van der Waals surface area contributed by atoms with Crippen LogP contribution in [0.2, 0.25) is 0 Å². The Morgan fingerprint density at radius 2 is 1.20 bits per heavy atom. The van der Waals surface area contributed by atoms with Crippen LogP contribution in [0.5, 0.6) is 0 Å². The van der Waals surface area contributed by atoms with Crippen molar-refractivity contribution in [3.05, 3.63) is 0 Å². The van der Waals surface area contributed by atoms with Crippen molar-refractivity contribution in [3.8, 4) is 0 Å². The third-order valence-corrected chi connectivity index (χ3v) is 5.88. The minimum atomic E-state index is -4.68. The smallest absolute Gasteiger partial charge is 0.328 e. The van der Waals surface area contributed by atoms with Crippen molar-refractivity contribution in [2.24, 2.45) is 29.6 Å². The maximum absolute atomic E-state index is 11.7. The van der Waals surface area contributed by atoms with Crippen molar-refractivity contribution < 1.29 is 44.1 Å². The first-order chi connectivity index (χ1) is 11.2. The van der Waals surface area contributed by atoms with Gasteiger partial charge in [0.1, 0.15) is 0 Å². The molecular weight excluding hydrogens is 355 g/mol. The van der Waals surface area contributed by atoms with E-state index in [9.17, 15) is 44.1 Å². The molecule has 0 aliphatic rings. The molecule has 0 heterocycles. The van der Waals surface area contributed by atoms with Crippen LogP contribution in [-0.2, 0) is 18.9 Å². The molecule has 9 nitrogen and oxygen atoms in total. The second-order valence-electron chi connectivity index (χ2n) is 7.02. The topological polar surface area (TPSA) is 169 Å². The molecule has 0 bridgehead atoms. The minimum absolute atomic E-state index is 0.0572. The van der Waals surface area contributed by atoms with Crippen LogP contribution in [0, 0.1) is 29.6 Å². The predicted molar refractivity (Wildman–Crippen MR) is 88.1 cm³/mol. The molecule has 0 saturated carbocycles. The quantitative estimate of drug-likeness (QED) is 0.334. The van der Waals surface area contributed by atoms with E-state index in [0.29, 0.717) is 0 Å². The van der Waals surface area contributed by atoms with Crippen LogP contribution in [-0.4, -0.2) is 48.7 Å². The van der Waals surface area contributed by atoms with Crippen LogP contribution in [0.3, 0.4) is 0 Å². The number of carboxylic acids is 3. The van der Waals surface area contributed by atoms with Crippen LogP contribution < -0.4 is 0 Å². The van der Waals surface area contributed by atoms with E-state index in [1.807, 2.05) is 0 Å². The Kier molecular flexibility index (Phi) is 8.77. The van der Waals surface area contributed by atoms with E-state index in [2.05, 4.69) is 0 Å². The van der Waals surface area contributed by atoms with Crippen LogP contribution in [0.1, 0.15) is 40.5 Å². The normalized spacial score (nSPS) is 17.1. The Labute approximate surface area is 146 Å². The minimum Gasteiger partial charge on any atom is -0.481 e. The molecule has 0 aromatic carbocycles. The van der Waals surface area contributed by atoms with Crippen LogP contribution in [0.25, 0.3) is 0 Å². The van der Waals surface area contributed by atoms with Crippen molar-refractivity contribution in [3.63, 3.8) is 0 Å². The molecule has 0 saturated heterocycles. The average molecular weight is 382 g/mol. The third kappa shape index (κ3) is 7.13. The van der Waals surface area contributed by atoms with Crippen LogP contribution in [0.15, 0.2) is 0 Å². The Balaban J connectivity index is 5.96. The number of hydrogen-bond donors (Lipinski definition) is 5. The van der Waals surface area contributed by atoms with E-state index >= 15 is 0 Å². The lowest BCUT2D eigenvalue weighted by molar-refractivity contribution is -0.162. The van der Waals surface area contributed by atoms with E-state index in [1.54, 1.807) is 13.8 Å². The molecule has 0 aromatic rings. The molecule has 0 amide bonds. The summed E-state index contributed by atoms with van der Waals surface area (Å²) in [5.41, 5.74) is -1.37. The molecule has 25 heavy (non-hydrogen) atoms. The van der Waals surface area contributed by atoms with Gasteiger partial charge in [-0.2, -0.15) is 0 Å². The highest BCUT2D eigenvalue weighted by molar-refractivity contribution is 7.52. The number of carbonyl (C=O) groups is 3. The first-order valence-corrected chi connectivity index (χ1v) is 9.61. The van der Waals surface area contributed by atoms with Crippen molar-refractivity contribution in [2.45, 2.75) is 46.2 Å². The Hall–Kier alpha value is -1.44. The zero-order chi connectivity index (χ0) is 20.1. The fourth-order valence-electron chi connectivity index (χ4n) is 2.99. The Bertz CT molecular complexity index is 537. The van der Waals surface area contributed by atoms with Gasteiger partial charge in [0.05, 0.1) is 23.4 Å². The van der Waals surface area contributed by atoms with Gasteiger partial charge in [0.2, 0.25) is 0 Å². The third-order valence-electron chi connectivity index (χ3n) is 4.21. The molecule has 0 aliphatic carbocycles. The highest BCUT2D eigenvalue weighted by atomic mass is 31.2. The Morgan fingerprint density at radius 3 is 1.44 bits per heavy atom. The summed E-state index contributed by atoms with van der Waals surface area (Å²) in [5, 5.41) is 28.3. The molecule has 0 aliphatic heterocycles. The fraction of sp³-hybridized carbons (Fsp3) is 0.800. The number of carboxylic acid groups (broad SMARTS) is 3. The van der Waals surface area contributed by atoms with Crippen LogP contribution >= 0.6 is 7.60 Å². The predicted octanol–water partition coefficient (Wildman–Crippen LogP) is 1.73. The highest BCUT2D eigenvalue weighted by Crippen LogP contribution is 2.49.